The first-order chi connectivity index (χ1) is 13.6. The molecule has 0 bridgehead atoms. The molecular formula is C27H39Cl2PZr. The Kier molecular flexibility index (Phi) is 11.0. The molecule has 0 N–H and O–H groups in total. The van der Waals surface area contributed by atoms with Gasteiger partial charge in [-0.1, -0.05) is 0 Å². The molecule has 0 nitrogen and oxygen atoms in total. The van der Waals surface area contributed by atoms with Gasteiger partial charge in [0.25, 0.3) is 0 Å². The van der Waals surface area contributed by atoms with Gasteiger partial charge in [0.2, 0.25) is 0 Å². The quantitative estimate of drug-likeness (QED) is 0.454. The fourth-order valence-corrected chi connectivity index (χ4v) is 14.6. The maximum absolute atomic E-state index is 2.63. The summed E-state index contributed by atoms with van der Waals surface area (Å²) >= 11 is -0.808. The maximum Gasteiger partial charge on any atom is -1.00 e. The predicted molar refractivity (Wildman–Crippen MR) is 128 cm³/mol. The van der Waals surface area contributed by atoms with Crippen molar-refractivity contribution in [1.29, 1.82) is 0 Å². The minimum absolute atomic E-state index is 0. The van der Waals surface area contributed by atoms with Crippen LogP contribution in [0.15, 0.2) is 49.6 Å². The van der Waals surface area contributed by atoms with Gasteiger partial charge in [0.1, 0.15) is 0 Å². The molecule has 0 aliphatic heterocycles. The van der Waals surface area contributed by atoms with Gasteiger partial charge < -0.3 is 24.8 Å². The van der Waals surface area contributed by atoms with Crippen LogP contribution >= 0.6 is 7.92 Å². The molecular weight excluding hydrogens is 517 g/mol. The third-order valence-corrected chi connectivity index (χ3v) is 17.3. The minimum Gasteiger partial charge on any atom is -1.00 e. The molecule has 4 heteroatoms. The molecule has 0 saturated heterocycles. The summed E-state index contributed by atoms with van der Waals surface area (Å²) in [7, 11) is -0.0901. The van der Waals surface area contributed by atoms with E-state index >= 15 is 0 Å². The normalized spacial score (nSPS) is 22.1. The van der Waals surface area contributed by atoms with E-state index in [1.165, 1.54) is 18.4 Å². The van der Waals surface area contributed by atoms with Crippen LogP contribution in [0, 0.1) is 5.41 Å². The van der Waals surface area contributed by atoms with E-state index in [0.29, 0.717) is 0 Å². The van der Waals surface area contributed by atoms with Crippen LogP contribution < -0.4 is 24.8 Å². The van der Waals surface area contributed by atoms with Crippen LogP contribution in [-0.4, -0.2) is 11.3 Å². The van der Waals surface area contributed by atoms with E-state index in [9.17, 15) is 0 Å². The van der Waals surface area contributed by atoms with Crippen molar-refractivity contribution in [3.05, 3.63) is 60.7 Å². The Morgan fingerprint density at radius 1 is 0.935 bits per heavy atom. The van der Waals surface area contributed by atoms with Gasteiger partial charge in [0.15, 0.2) is 0 Å². The van der Waals surface area contributed by atoms with Crippen LogP contribution in [0.25, 0.3) is 6.08 Å². The van der Waals surface area contributed by atoms with Gasteiger partial charge in [-0.15, -0.1) is 0 Å². The fraction of sp³-hybridized carbons (Fsp3) is 0.556. The third-order valence-electron chi connectivity index (χ3n) is 7.69. The fourth-order valence-electron chi connectivity index (χ4n) is 5.05. The van der Waals surface area contributed by atoms with E-state index in [1.807, 2.05) is 8.60 Å². The van der Waals surface area contributed by atoms with Crippen LogP contribution in [0.2, 0.25) is 0 Å². The number of hydrogen-bond acceptors (Lipinski definition) is 0. The van der Waals surface area contributed by atoms with Crippen molar-refractivity contribution in [2.24, 2.45) is 5.41 Å². The van der Waals surface area contributed by atoms with Gasteiger partial charge in [-0.2, -0.15) is 0 Å². The van der Waals surface area contributed by atoms with Crippen molar-refractivity contribution in [3.8, 4) is 0 Å². The summed E-state index contributed by atoms with van der Waals surface area (Å²) in [5, 5.41) is 1.84. The molecule has 0 fully saturated rings. The average molecular weight is 557 g/mol. The van der Waals surface area contributed by atoms with E-state index in [2.05, 4.69) is 92.7 Å². The smallest absolute Gasteiger partial charge is 1.00 e. The number of hydrogen-bond donors (Lipinski definition) is 0. The van der Waals surface area contributed by atoms with Gasteiger partial charge in [0.05, 0.1) is 0 Å². The van der Waals surface area contributed by atoms with E-state index < -0.39 is 23.2 Å². The number of benzene rings is 1. The van der Waals surface area contributed by atoms with Crippen LogP contribution in [0.5, 0.6) is 0 Å². The van der Waals surface area contributed by atoms with E-state index in [1.54, 1.807) is 22.3 Å². The minimum atomic E-state index is -0.808. The zero-order chi connectivity index (χ0) is 21.5. The molecule has 0 saturated carbocycles. The number of allylic oxidation sites excluding steroid dienone is 5. The van der Waals surface area contributed by atoms with Crippen molar-refractivity contribution in [1.82, 2.24) is 0 Å². The number of fused-ring (bicyclic) bond motifs is 1. The SMILES string of the molecule is CCC(C)P(C1=Cc2ccccc2[CH]1[Zr+2][C]1=C(C)C(C)=C(C)C1(C)C)C(C)CC.[Cl-].[Cl-]. The van der Waals surface area contributed by atoms with Crippen LogP contribution in [-0.2, 0) is 23.2 Å². The third kappa shape index (κ3) is 5.37. The first-order valence-electron chi connectivity index (χ1n) is 11.4. The summed E-state index contributed by atoms with van der Waals surface area (Å²) in [6, 6.07) is 9.31. The second-order valence-corrected chi connectivity index (χ2v) is 16.0. The molecule has 0 radical (unpaired) electrons. The summed E-state index contributed by atoms with van der Waals surface area (Å²) in [6.45, 7) is 21.9. The molecule has 3 rings (SSSR count). The van der Waals surface area contributed by atoms with Crippen molar-refractivity contribution < 1.29 is 48.0 Å². The largest absolute Gasteiger partial charge is 1.00 e. The second-order valence-electron chi connectivity index (χ2n) is 9.57. The number of rotatable bonds is 7. The first-order valence-corrected chi connectivity index (χ1v) is 15.5. The standard InChI is InChI=1S/C17H24P.C10H15.2ClH.Zr/c1-5-13(3)18(14(4)6-2)17-11-15-9-7-8-10-16(15)12-17;1-7-6-10(4,5)9(3)8(7)2;;;/h7-14H,5-6H2,1-4H3;1-5H3;2*1H;/q;;;;+2/p-2. The Bertz CT molecular complexity index is 871. The van der Waals surface area contributed by atoms with Gasteiger partial charge in [-0.3, -0.25) is 0 Å². The van der Waals surface area contributed by atoms with E-state index in [0.717, 1.165) is 14.9 Å². The Morgan fingerprint density at radius 3 is 1.97 bits per heavy atom. The van der Waals surface area contributed by atoms with Crippen molar-refractivity contribution in [2.75, 3.05) is 0 Å². The number of halogens is 2. The van der Waals surface area contributed by atoms with Gasteiger partial charge in [-0.05, 0) is 0 Å². The summed E-state index contributed by atoms with van der Waals surface area (Å²) in [5.41, 5.74) is 9.85. The van der Waals surface area contributed by atoms with Gasteiger partial charge in [0, 0.05) is 0 Å². The molecule has 2 aliphatic rings. The summed E-state index contributed by atoms with van der Waals surface area (Å²) in [6.07, 6.45) is 5.23. The van der Waals surface area contributed by atoms with Crippen molar-refractivity contribution in [2.45, 2.75) is 90.1 Å². The molecule has 31 heavy (non-hydrogen) atoms. The molecule has 0 spiro atoms. The zero-order valence-electron chi connectivity index (χ0n) is 20.7. The zero-order valence-corrected chi connectivity index (χ0v) is 25.6. The maximum atomic E-state index is 2.63. The Balaban J connectivity index is 0.00000240. The molecule has 0 aromatic heterocycles. The molecule has 0 heterocycles. The van der Waals surface area contributed by atoms with E-state index in [4.69, 9.17) is 0 Å². The topological polar surface area (TPSA) is 0 Å². The van der Waals surface area contributed by atoms with E-state index in [-0.39, 0.29) is 38.2 Å². The van der Waals surface area contributed by atoms with Crippen LogP contribution in [0.3, 0.4) is 0 Å². The Hall–Kier alpha value is 0.333. The molecule has 1 aromatic carbocycles. The van der Waals surface area contributed by atoms with Crippen LogP contribution in [0.4, 0.5) is 0 Å². The monoisotopic (exact) mass is 554 g/mol. The predicted octanol–water partition coefficient (Wildman–Crippen LogP) is 2.90. The molecule has 3 atom stereocenters. The summed E-state index contributed by atoms with van der Waals surface area (Å²) in [4.78, 5) is 0. The Morgan fingerprint density at radius 2 is 1.48 bits per heavy atom. The summed E-state index contributed by atoms with van der Waals surface area (Å²) in [5.74, 6) is 0. The van der Waals surface area contributed by atoms with Crippen molar-refractivity contribution >= 4 is 14.0 Å². The van der Waals surface area contributed by atoms with Gasteiger partial charge in [-0.25, -0.2) is 0 Å². The van der Waals surface area contributed by atoms with Gasteiger partial charge >= 0.3 is 193 Å². The Labute approximate surface area is 217 Å². The molecule has 1 aromatic rings. The summed E-state index contributed by atoms with van der Waals surface area (Å²) < 4.78 is 2.57. The molecule has 2 aliphatic carbocycles. The average Bonchev–Trinajstić information content (AvgIpc) is 3.13. The van der Waals surface area contributed by atoms with Crippen LogP contribution in [0.1, 0.15) is 89.9 Å². The molecule has 0 amide bonds. The molecule has 3 unspecified atom stereocenters. The first kappa shape index (κ1) is 29.4. The van der Waals surface area contributed by atoms with Crippen molar-refractivity contribution in [3.63, 3.8) is 0 Å². The molecule has 170 valence electrons. The second kappa shape index (κ2) is 11.6.